The van der Waals surface area contributed by atoms with Gasteiger partial charge in [0.15, 0.2) is 12.8 Å². The molecule has 0 saturated carbocycles. The first kappa shape index (κ1) is 18.5. The van der Waals surface area contributed by atoms with Crippen molar-refractivity contribution in [3.8, 4) is 0 Å². The molecule has 1 atom stereocenters. The molecule has 0 aliphatic rings. The number of nitrogens with zero attached hydrogens (tertiary/aromatic N) is 1. The zero-order chi connectivity index (χ0) is 18.1. The van der Waals surface area contributed by atoms with Crippen LogP contribution in [-0.2, 0) is 17.9 Å². The summed E-state index contributed by atoms with van der Waals surface area (Å²) in [5.74, 6) is 0.0662. The minimum atomic E-state index is -0.535. The van der Waals surface area contributed by atoms with E-state index in [0.717, 1.165) is 15.9 Å². The number of ether oxygens (including phenoxy) is 1. The molecule has 0 heterocycles. The number of nitrogens with one attached hydrogen (secondary N) is 1. The Kier molecular flexibility index (Phi) is 7.01. The fourth-order valence-electron chi connectivity index (χ4n) is 2.27. The van der Waals surface area contributed by atoms with Crippen LogP contribution in [-0.4, -0.2) is 23.1 Å². The number of hydrogen-bond acceptors (Lipinski definition) is 3. The molecule has 0 aliphatic heterocycles. The maximum atomic E-state index is 12.2. The zero-order valence-electron chi connectivity index (χ0n) is 14.6. The van der Waals surface area contributed by atoms with Gasteiger partial charge in [0.25, 0.3) is 0 Å². The molecule has 1 N–H and O–H groups in total. The zero-order valence-corrected chi connectivity index (χ0v) is 14.6. The molecule has 0 fully saturated rings. The summed E-state index contributed by atoms with van der Waals surface area (Å²) >= 11 is 0. The van der Waals surface area contributed by atoms with E-state index >= 15 is 0 Å². The Balaban J connectivity index is 1.90. The van der Waals surface area contributed by atoms with Crippen LogP contribution in [0, 0.1) is 11.1 Å². The van der Waals surface area contributed by atoms with Crippen LogP contribution in [0.3, 0.4) is 0 Å². The quantitative estimate of drug-likeness (QED) is 0.362. The summed E-state index contributed by atoms with van der Waals surface area (Å²) < 4.78 is 6.06. The van der Waals surface area contributed by atoms with Gasteiger partial charge in [-0.3, -0.25) is 0 Å². The second-order valence-electron chi connectivity index (χ2n) is 6.19. The van der Waals surface area contributed by atoms with Gasteiger partial charge in [0.2, 0.25) is 0 Å². The Morgan fingerprint density at radius 2 is 1.64 bits per heavy atom. The average molecular weight is 340 g/mol. The Labute approximate surface area is 148 Å². The molecule has 132 valence electrons. The van der Waals surface area contributed by atoms with Gasteiger partial charge in [0.1, 0.15) is 12.6 Å². The first-order valence-corrected chi connectivity index (χ1v) is 8.34. The maximum absolute atomic E-state index is 12.2. The summed E-state index contributed by atoms with van der Waals surface area (Å²) in [6.45, 7) is 4.32. The smallest absolute Gasteiger partial charge is 0.408 e. The number of carbonyl (C=O) groups excluding carboxylic acids is 1. The lowest BCUT2D eigenvalue weighted by Crippen LogP contribution is -2.41. The van der Waals surface area contributed by atoms with Gasteiger partial charge in [-0.1, -0.05) is 74.5 Å². The Hall–Kier alpha value is -2.82. The number of hydroxylamine groups is 1. The number of benzene rings is 2. The lowest BCUT2D eigenvalue weighted by atomic mass is 10.1. The Morgan fingerprint density at radius 1 is 1.08 bits per heavy atom. The van der Waals surface area contributed by atoms with E-state index in [0.29, 0.717) is 0 Å². The lowest BCUT2D eigenvalue weighted by molar-refractivity contribution is -0.471. The molecule has 25 heavy (non-hydrogen) atoms. The van der Waals surface area contributed by atoms with Crippen LogP contribution >= 0.6 is 0 Å². The monoisotopic (exact) mass is 340 g/mol. The molecule has 0 saturated heterocycles. The highest BCUT2D eigenvalue weighted by Gasteiger charge is 2.18. The summed E-state index contributed by atoms with van der Waals surface area (Å²) in [7, 11) is 0. The van der Waals surface area contributed by atoms with Crippen molar-refractivity contribution in [1.82, 2.24) is 5.32 Å². The topological polar surface area (TPSA) is 64.4 Å². The predicted molar refractivity (Wildman–Crippen MR) is 98.2 cm³/mol. The van der Waals surface area contributed by atoms with Gasteiger partial charge in [0.05, 0.1) is 0 Å². The highest BCUT2D eigenvalue weighted by atomic mass is 16.5. The molecule has 1 amide bonds. The van der Waals surface area contributed by atoms with Crippen LogP contribution in [0.25, 0.3) is 0 Å². The number of hydrogen-bond donors (Lipinski definition) is 1. The molecule has 0 bridgehead atoms. The van der Waals surface area contributed by atoms with Crippen LogP contribution in [0.1, 0.15) is 25.0 Å². The van der Waals surface area contributed by atoms with E-state index in [1.165, 1.54) is 6.21 Å². The van der Waals surface area contributed by atoms with E-state index in [1.807, 2.05) is 74.5 Å². The Bertz CT molecular complexity index is 685. The van der Waals surface area contributed by atoms with Gasteiger partial charge in [-0.2, -0.15) is 0 Å². The number of carbonyl (C=O) groups is 1. The van der Waals surface area contributed by atoms with E-state index < -0.39 is 12.1 Å². The van der Waals surface area contributed by atoms with Crippen molar-refractivity contribution in [1.29, 1.82) is 0 Å². The average Bonchev–Trinajstić information content (AvgIpc) is 2.61. The van der Waals surface area contributed by atoms with E-state index in [9.17, 15) is 10.0 Å². The summed E-state index contributed by atoms with van der Waals surface area (Å²) in [5.41, 5.74) is 1.83. The van der Waals surface area contributed by atoms with Gasteiger partial charge in [-0.05, 0) is 11.5 Å². The summed E-state index contributed by atoms with van der Waals surface area (Å²) in [4.78, 5) is 12.0. The minimum absolute atomic E-state index is 0.0662. The van der Waals surface area contributed by atoms with Crippen molar-refractivity contribution in [3.05, 3.63) is 77.0 Å². The first-order chi connectivity index (χ1) is 12.0. The summed E-state index contributed by atoms with van der Waals surface area (Å²) in [6.07, 6.45) is 0.952. The third-order valence-corrected chi connectivity index (χ3v) is 3.72. The highest BCUT2D eigenvalue weighted by Crippen LogP contribution is 2.04. The molecule has 2 aromatic carbocycles. The second-order valence-corrected chi connectivity index (χ2v) is 6.19. The van der Waals surface area contributed by atoms with Crippen molar-refractivity contribution < 1.29 is 14.3 Å². The normalized spacial score (nSPS) is 12.7. The van der Waals surface area contributed by atoms with E-state index in [4.69, 9.17) is 4.74 Å². The maximum Gasteiger partial charge on any atom is 0.408 e. The molecule has 0 radical (unpaired) electrons. The third kappa shape index (κ3) is 6.67. The minimum Gasteiger partial charge on any atom is -0.624 e. The molecule has 0 aliphatic carbocycles. The molecule has 0 unspecified atom stereocenters. The highest BCUT2D eigenvalue weighted by molar-refractivity contribution is 5.73. The van der Waals surface area contributed by atoms with Gasteiger partial charge in [0, 0.05) is 5.56 Å². The largest absolute Gasteiger partial charge is 0.624 e. The fourth-order valence-corrected chi connectivity index (χ4v) is 2.27. The van der Waals surface area contributed by atoms with Crippen LogP contribution in [0.5, 0.6) is 0 Å². The van der Waals surface area contributed by atoms with Gasteiger partial charge in [-0.25, -0.2) is 9.53 Å². The first-order valence-electron chi connectivity index (χ1n) is 8.34. The fraction of sp³-hybridized carbons (Fsp3) is 0.300. The van der Waals surface area contributed by atoms with Gasteiger partial charge < -0.3 is 15.3 Å². The molecule has 5 nitrogen and oxygen atoms in total. The van der Waals surface area contributed by atoms with Crippen LogP contribution < -0.4 is 5.32 Å². The van der Waals surface area contributed by atoms with Gasteiger partial charge >= 0.3 is 6.09 Å². The van der Waals surface area contributed by atoms with Crippen molar-refractivity contribution in [2.24, 2.45) is 5.92 Å². The Morgan fingerprint density at radius 3 is 2.20 bits per heavy atom. The predicted octanol–water partition coefficient (Wildman–Crippen LogP) is 3.72. The molecule has 2 rings (SSSR count). The standard InChI is InChI=1S/C20H24N2O3/c1-16(2)19(14-22(24)13-17-9-5-3-6-10-17)21-20(23)25-15-18-11-7-4-8-12-18/h3-12,14,16,19H,13,15H2,1-2H3,(H,21,23)/b22-14-/t19-/m1/s1. The van der Waals surface area contributed by atoms with Crippen molar-refractivity contribution in [2.45, 2.75) is 33.0 Å². The van der Waals surface area contributed by atoms with Crippen LogP contribution in [0.15, 0.2) is 60.7 Å². The number of amides is 1. The third-order valence-electron chi connectivity index (χ3n) is 3.72. The number of rotatable bonds is 7. The van der Waals surface area contributed by atoms with E-state index in [-0.39, 0.29) is 19.1 Å². The van der Waals surface area contributed by atoms with Gasteiger partial charge in [-0.15, -0.1) is 0 Å². The molecule has 0 spiro atoms. The van der Waals surface area contributed by atoms with E-state index in [1.54, 1.807) is 0 Å². The number of alkyl carbamates (subject to hydrolysis) is 1. The van der Waals surface area contributed by atoms with Crippen molar-refractivity contribution >= 4 is 12.3 Å². The van der Waals surface area contributed by atoms with Crippen molar-refractivity contribution in [3.63, 3.8) is 0 Å². The molecular formula is C20H24N2O3. The molecule has 5 heteroatoms. The van der Waals surface area contributed by atoms with Crippen LogP contribution in [0.2, 0.25) is 0 Å². The lowest BCUT2D eigenvalue weighted by Gasteiger charge is -2.18. The van der Waals surface area contributed by atoms with Crippen molar-refractivity contribution in [2.75, 3.05) is 0 Å². The van der Waals surface area contributed by atoms with E-state index in [2.05, 4.69) is 5.32 Å². The van der Waals surface area contributed by atoms with Crippen LogP contribution in [0.4, 0.5) is 4.79 Å². The summed E-state index contributed by atoms with van der Waals surface area (Å²) in [6, 6.07) is 18.5. The molecule has 0 aromatic heterocycles. The molecular weight excluding hydrogens is 316 g/mol. The second kappa shape index (κ2) is 9.47. The molecule has 2 aromatic rings. The summed E-state index contributed by atoms with van der Waals surface area (Å²) in [5, 5.41) is 14.9. The SMILES string of the molecule is CC(C)[C@@H](/C=[N+](\[O-])Cc1ccccc1)NC(=O)OCc1ccccc1.